The maximum Gasteiger partial charge on any atom is 0.0543 e. The first-order chi connectivity index (χ1) is 26.1. The Morgan fingerprint density at radius 3 is 1.28 bits per heavy atom. The van der Waals surface area contributed by atoms with Crippen LogP contribution in [0.4, 0.5) is 34.1 Å². The molecular weight excluding hydrogens is 641 g/mol. The van der Waals surface area contributed by atoms with Gasteiger partial charge in [0.1, 0.15) is 0 Å². The molecule has 53 heavy (non-hydrogen) atoms. The van der Waals surface area contributed by atoms with Gasteiger partial charge in [-0.3, -0.25) is 0 Å². The number of anilines is 6. The highest BCUT2D eigenvalue weighted by Gasteiger charge is 2.40. The summed E-state index contributed by atoms with van der Waals surface area (Å²) in [5.74, 6) is 0. The molecule has 0 saturated heterocycles. The Kier molecular flexibility index (Phi) is 7.19. The van der Waals surface area contributed by atoms with Gasteiger partial charge in [-0.25, -0.2) is 0 Å². The van der Waals surface area contributed by atoms with E-state index in [4.69, 9.17) is 0 Å². The van der Waals surface area contributed by atoms with Crippen molar-refractivity contribution in [3.63, 3.8) is 0 Å². The number of fused-ring (bicyclic) bond motifs is 10. The Morgan fingerprint density at radius 1 is 0.321 bits per heavy atom. The number of benzene rings is 9. The minimum absolute atomic E-state index is 0.273. The maximum atomic E-state index is 2.49. The molecule has 2 nitrogen and oxygen atoms in total. The van der Waals surface area contributed by atoms with Gasteiger partial charge in [0, 0.05) is 39.2 Å². The molecule has 1 aliphatic rings. The summed E-state index contributed by atoms with van der Waals surface area (Å²) in [6, 6.07) is 70.5. The average molecular weight is 679 g/mol. The number of rotatable bonds is 6. The van der Waals surface area contributed by atoms with Gasteiger partial charge in [0.2, 0.25) is 0 Å². The van der Waals surface area contributed by atoms with Crippen LogP contribution in [0.25, 0.3) is 43.4 Å². The molecule has 0 fully saturated rings. The first-order valence-corrected chi connectivity index (χ1v) is 18.5. The highest BCUT2D eigenvalue weighted by molar-refractivity contribution is 6.23. The number of nitrogens with zero attached hydrogens (tertiary/aromatic N) is 2. The van der Waals surface area contributed by atoms with Crippen LogP contribution in [-0.4, -0.2) is 0 Å². The lowest BCUT2D eigenvalue weighted by Crippen LogP contribution is -2.17. The minimum Gasteiger partial charge on any atom is -0.310 e. The van der Waals surface area contributed by atoms with Crippen molar-refractivity contribution in [3.05, 3.63) is 205 Å². The lowest BCUT2D eigenvalue weighted by molar-refractivity contribution is 0.667. The summed E-state index contributed by atoms with van der Waals surface area (Å²) >= 11 is 0. The molecule has 0 N–H and O–H groups in total. The Hall–Kier alpha value is -6.64. The molecule has 9 aromatic carbocycles. The summed E-state index contributed by atoms with van der Waals surface area (Å²) in [5.41, 5.74) is 12.1. The number of hydrogen-bond acceptors (Lipinski definition) is 2. The molecule has 0 amide bonds. The molecule has 1 aliphatic carbocycles. The molecule has 252 valence electrons. The second-order valence-corrected chi connectivity index (χ2v) is 14.5. The van der Waals surface area contributed by atoms with Crippen LogP contribution < -0.4 is 9.80 Å². The lowest BCUT2D eigenvalue weighted by atomic mass is 9.79. The molecule has 2 heteroatoms. The maximum absolute atomic E-state index is 2.49. The third-order valence-electron chi connectivity index (χ3n) is 11.1. The first kappa shape index (κ1) is 31.1. The van der Waals surface area contributed by atoms with Gasteiger partial charge in [0.15, 0.2) is 0 Å². The Labute approximate surface area is 310 Å². The van der Waals surface area contributed by atoms with Crippen molar-refractivity contribution in [1.29, 1.82) is 0 Å². The van der Waals surface area contributed by atoms with E-state index in [0.717, 1.165) is 28.4 Å². The number of hydrogen-bond donors (Lipinski definition) is 0. The van der Waals surface area contributed by atoms with E-state index in [-0.39, 0.29) is 5.41 Å². The fourth-order valence-electron chi connectivity index (χ4n) is 8.85. The zero-order valence-corrected chi connectivity index (χ0v) is 29.9. The zero-order valence-electron chi connectivity index (χ0n) is 29.9. The van der Waals surface area contributed by atoms with Crippen LogP contribution in [0, 0.1) is 0 Å². The van der Waals surface area contributed by atoms with Crippen LogP contribution in [-0.2, 0) is 5.41 Å². The van der Waals surface area contributed by atoms with Gasteiger partial charge >= 0.3 is 0 Å². The van der Waals surface area contributed by atoms with E-state index in [2.05, 4.69) is 218 Å². The molecule has 0 radical (unpaired) electrons. The van der Waals surface area contributed by atoms with E-state index in [1.54, 1.807) is 0 Å². The van der Waals surface area contributed by atoms with Gasteiger partial charge in [-0.05, 0) is 116 Å². The normalized spacial score (nSPS) is 12.9. The quantitative estimate of drug-likeness (QED) is 0.162. The van der Waals surface area contributed by atoms with Crippen LogP contribution in [0.2, 0.25) is 0 Å². The monoisotopic (exact) mass is 678 g/mol. The summed E-state index contributed by atoms with van der Waals surface area (Å²) in [6.07, 6.45) is 0. The van der Waals surface area contributed by atoms with Gasteiger partial charge in [-0.2, -0.15) is 0 Å². The smallest absolute Gasteiger partial charge is 0.0543 e. The van der Waals surface area contributed by atoms with Crippen molar-refractivity contribution in [2.75, 3.05) is 9.80 Å². The van der Waals surface area contributed by atoms with E-state index in [0.29, 0.717) is 0 Å². The molecule has 0 bridgehead atoms. The highest BCUT2D eigenvalue weighted by atomic mass is 15.1. The van der Waals surface area contributed by atoms with Crippen LogP contribution in [0.5, 0.6) is 0 Å². The van der Waals surface area contributed by atoms with E-state index < -0.39 is 0 Å². The third kappa shape index (κ3) is 4.87. The van der Waals surface area contributed by atoms with Crippen LogP contribution in [0.3, 0.4) is 0 Å². The van der Waals surface area contributed by atoms with Crippen molar-refractivity contribution in [3.8, 4) is 11.1 Å². The molecule has 10 rings (SSSR count). The highest BCUT2D eigenvalue weighted by Crippen LogP contribution is 2.58. The molecule has 0 spiro atoms. The van der Waals surface area contributed by atoms with Crippen molar-refractivity contribution < 1.29 is 0 Å². The van der Waals surface area contributed by atoms with Gasteiger partial charge in [0.05, 0.1) is 5.69 Å². The summed E-state index contributed by atoms with van der Waals surface area (Å²) in [6.45, 7) is 4.85. The van der Waals surface area contributed by atoms with Crippen molar-refractivity contribution >= 4 is 66.4 Å². The minimum atomic E-state index is -0.273. The molecule has 0 atom stereocenters. The van der Waals surface area contributed by atoms with Crippen molar-refractivity contribution in [2.45, 2.75) is 19.3 Å². The fourth-order valence-corrected chi connectivity index (χ4v) is 8.85. The second-order valence-electron chi connectivity index (χ2n) is 14.5. The Bertz CT molecular complexity index is 2710. The molecular formula is C51H38N2. The summed E-state index contributed by atoms with van der Waals surface area (Å²) in [5, 5.41) is 7.67. The van der Waals surface area contributed by atoms with Crippen LogP contribution in [0.1, 0.15) is 25.0 Å². The van der Waals surface area contributed by atoms with Gasteiger partial charge in [-0.15, -0.1) is 0 Å². The largest absolute Gasteiger partial charge is 0.310 e. The summed E-state index contributed by atoms with van der Waals surface area (Å²) in [4.78, 5) is 4.79. The zero-order chi connectivity index (χ0) is 35.5. The van der Waals surface area contributed by atoms with E-state index in [1.165, 1.54) is 60.3 Å². The lowest BCUT2D eigenvalue weighted by Gasteiger charge is -2.30. The molecule has 0 heterocycles. The first-order valence-electron chi connectivity index (χ1n) is 18.5. The Balaban J connectivity index is 1.26. The van der Waals surface area contributed by atoms with Crippen molar-refractivity contribution in [1.82, 2.24) is 0 Å². The Morgan fingerprint density at radius 2 is 0.755 bits per heavy atom. The second kappa shape index (κ2) is 12.3. The molecule has 0 saturated carbocycles. The summed E-state index contributed by atoms with van der Waals surface area (Å²) in [7, 11) is 0. The SMILES string of the molecule is CC1(C)c2cc(N(c3ccccc3)c3ccccc3)c3ccccc3c2-c2c1c1ccc(N(c3ccccc3)c3ccccc3)cc1c1ccccc21. The molecule has 0 aliphatic heterocycles. The van der Waals surface area contributed by atoms with Crippen LogP contribution >= 0.6 is 0 Å². The summed E-state index contributed by atoms with van der Waals surface area (Å²) < 4.78 is 0. The van der Waals surface area contributed by atoms with Gasteiger partial charge in [-0.1, -0.05) is 141 Å². The third-order valence-corrected chi connectivity index (χ3v) is 11.1. The van der Waals surface area contributed by atoms with Gasteiger partial charge < -0.3 is 9.80 Å². The number of para-hydroxylation sites is 4. The average Bonchev–Trinajstić information content (AvgIpc) is 3.46. The van der Waals surface area contributed by atoms with E-state index in [9.17, 15) is 0 Å². The molecule has 0 unspecified atom stereocenters. The standard InChI is InChI=1S/C51H38N2/c1-51(2)46-34-47(53(37-23-11-5-12-24-37)38-25-13-6-14-26-38)41-28-16-18-30-43(41)48(46)49-42-29-17-15-27-40(42)45-33-39(31-32-44(45)50(49)51)52(35-19-7-3-8-20-35)36-21-9-4-10-22-36/h3-34H,1-2H3. The molecule has 9 aromatic rings. The van der Waals surface area contributed by atoms with E-state index >= 15 is 0 Å². The molecule has 0 aromatic heterocycles. The fraction of sp³-hybridized carbons (Fsp3) is 0.0588. The van der Waals surface area contributed by atoms with Gasteiger partial charge in [0.25, 0.3) is 0 Å². The van der Waals surface area contributed by atoms with Crippen LogP contribution in [0.15, 0.2) is 194 Å². The predicted octanol–water partition coefficient (Wildman–Crippen LogP) is 14.4. The van der Waals surface area contributed by atoms with E-state index in [1.807, 2.05) is 0 Å². The van der Waals surface area contributed by atoms with Crippen molar-refractivity contribution in [2.24, 2.45) is 0 Å². The topological polar surface area (TPSA) is 6.48 Å². The predicted molar refractivity (Wildman–Crippen MR) is 226 cm³/mol.